The molecule has 0 radical (unpaired) electrons. The van der Waals surface area contributed by atoms with E-state index in [1.807, 2.05) is 30.3 Å². The van der Waals surface area contributed by atoms with Crippen LogP contribution in [0.5, 0.6) is 0 Å². The highest BCUT2D eigenvalue weighted by Crippen LogP contribution is 2.23. The van der Waals surface area contributed by atoms with Crippen molar-refractivity contribution in [1.82, 2.24) is 9.97 Å². The zero-order valence-corrected chi connectivity index (χ0v) is 9.59. The van der Waals surface area contributed by atoms with Crippen LogP contribution < -0.4 is 0 Å². The van der Waals surface area contributed by atoms with E-state index in [1.54, 1.807) is 6.20 Å². The van der Waals surface area contributed by atoms with Gasteiger partial charge in [0, 0.05) is 17.1 Å². The van der Waals surface area contributed by atoms with Crippen LogP contribution in [0.2, 0.25) is 0 Å². The minimum atomic E-state index is 0.803. The second kappa shape index (κ2) is 3.98. The molecule has 3 aromatic rings. The first-order valence-corrected chi connectivity index (χ1v) is 5.62. The van der Waals surface area contributed by atoms with Gasteiger partial charge in [0.2, 0.25) is 0 Å². The number of hydrogen-bond donors (Lipinski definition) is 0. The first-order valence-electron chi connectivity index (χ1n) is 5.62. The van der Waals surface area contributed by atoms with E-state index in [2.05, 4.69) is 35.1 Å². The monoisotopic (exact) mass is 220 g/mol. The number of hydrogen-bond acceptors (Lipinski definition) is 2. The molecule has 0 saturated heterocycles. The minimum absolute atomic E-state index is 0.803. The molecule has 0 atom stereocenters. The number of nitrogens with zero attached hydrogens (tertiary/aromatic N) is 2. The summed E-state index contributed by atoms with van der Waals surface area (Å²) in [6.45, 7) is 2.09. The van der Waals surface area contributed by atoms with E-state index < -0.39 is 0 Å². The Labute approximate surface area is 100.0 Å². The van der Waals surface area contributed by atoms with Gasteiger partial charge in [-0.05, 0) is 30.7 Å². The molecular weight excluding hydrogens is 208 g/mol. The number of aromatic nitrogens is 2. The maximum absolute atomic E-state index is 4.63. The van der Waals surface area contributed by atoms with Crippen LogP contribution in [0.1, 0.15) is 5.56 Å². The van der Waals surface area contributed by atoms with Crippen molar-refractivity contribution in [2.75, 3.05) is 0 Å². The summed E-state index contributed by atoms with van der Waals surface area (Å²) in [5.74, 6) is 0. The highest BCUT2D eigenvalue weighted by molar-refractivity contribution is 5.80. The Morgan fingerprint density at radius 1 is 0.941 bits per heavy atom. The van der Waals surface area contributed by atoms with Crippen molar-refractivity contribution < 1.29 is 0 Å². The molecule has 0 N–H and O–H groups in total. The third-order valence-corrected chi connectivity index (χ3v) is 2.83. The topological polar surface area (TPSA) is 25.8 Å². The summed E-state index contributed by atoms with van der Waals surface area (Å²) < 4.78 is 0. The Morgan fingerprint density at radius 2 is 1.76 bits per heavy atom. The van der Waals surface area contributed by atoms with Crippen molar-refractivity contribution in [3.05, 3.63) is 60.3 Å². The Morgan fingerprint density at radius 3 is 2.59 bits per heavy atom. The largest absolute Gasteiger partial charge is 0.237 e. The lowest BCUT2D eigenvalue weighted by Crippen LogP contribution is -1.91. The van der Waals surface area contributed by atoms with Crippen LogP contribution in [0.25, 0.3) is 22.3 Å². The van der Waals surface area contributed by atoms with Crippen LogP contribution in [0.15, 0.2) is 54.7 Å². The van der Waals surface area contributed by atoms with Crippen LogP contribution in [0.4, 0.5) is 0 Å². The van der Waals surface area contributed by atoms with Crippen LogP contribution in [-0.2, 0) is 0 Å². The zero-order valence-electron chi connectivity index (χ0n) is 9.59. The van der Waals surface area contributed by atoms with Gasteiger partial charge in [-0.25, -0.2) is 9.97 Å². The van der Waals surface area contributed by atoms with Crippen LogP contribution in [0.3, 0.4) is 0 Å². The predicted molar refractivity (Wildman–Crippen MR) is 69.7 cm³/mol. The lowest BCUT2D eigenvalue weighted by atomic mass is 10.1. The highest BCUT2D eigenvalue weighted by Gasteiger charge is 2.05. The third kappa shape index (κ3) is 1.78. The summed E-state index contributed by atoms with van der Waals surface area (Å²) in [6.07, 6.45) is 1.78. The van der Waals surface area contributed by atoms with Crippen molar-refractivity contribution in [1.29, 1.82) is 0 Å². The molecule has 0 fully saturated rings. The van der Waals surface area contributed by atoms with Crippen molar-refractivity contribution in [2.45, 2.75) is 6.92 Å². The molecule has 0 amide bonds. The molecule has 2 heterocycles. The number of aryl methyl sites for hydroxylation is 1. The number of pyridine rings is 2. The fourth-order valence-electron chi connectivity index (χ4n) is 2.00. The minimum Gasteiger partial charge on any atom is -0.237 e. The molecule has 0 aliphatic heterocycles. The fourth-order valence-corrected chi connectivity index (χ4v) is 2.00. The van der Waals surface area contributed by atoms with E-state index in [1.165, 1.54) is 5.56 Å². The van der Waals surface area contributed by atoms with Gasteiger partial charge in [0.05, 0.1) is 5.69 Å². The van der Waals surface area contributed by atoms with Gasteiger partial charge in [0.1, 0.15) is 0 Å². The summed E-state index contributed by atoms with van der Waals surface area (Å²) in [6, 6.07) is 16.3. The molecular formula is C15H12N2. The van der Waals surface area contributed by atoms with E-state index in [-0.39, 0.29) is 0 Å². The smallest absolute Gasteiger partial charge is 0.159 e. The third-order valence-electron chi connectivity index (χ3n) is 2.83. The van der Waals surface area contributed by atoms with Gasteiger partial charge < -0.3 is 0 Å². The van der Waals surface area contributed by atoms with Gasteiger partial charge in [0.15, 0.2) is 5.65 Å². The van der Waals surface area contributed by atoms with E-state index in [9.17, 15) is 0 Å². The molecule has 0 aliphatic rings. The molecule has 2 nitrogen and oxygen atoms in total. The SMILES string of the molecule is Cc1cc2cccnc2nc1-c1ccccc1. The van der Waals surface area contributed by atoms with Gasteiger partial charge in [-0.2, -0.15) is 0 Å². The Bertz CT molecular complexity index is 660. The first-order chi connectivity index (χ1) is 8.34. The highest BCUT2D eigenvalue weighted by atomic mass is 14.8. The van der Waals surface area contributed by atoms with Gasteiger partial charge in [-0.1, -0.05) is 30.3 Å². The Hall–Kier alpha value is -2.22. The molecule has 3 rings (SSSR count). The number of benzene rings is 1. The molecule has 0 bridgehead atoms. The number of fused-ring (bicyclic) bond motifs is 1. The quantitative estimate of drug-likeness (QED) is 0.626. The lowest BCUT2D eigenvalue weighted by Gasteiger charge is -2.06. The van der Waals surface area contributed by atoms with E-state index in [4.69, 9.17) is 0 Å². The van der Waals surface area contributed by atoms with Crippen molar-refractivity contribution >= 4 is 11.0 Å². The molecule has 17 heavy (non-hydrogen) atoms. The van der Waals surface area contributed by atoms with Gasteiger partial charge in [0.25, 0.3) is 0 Å². The molecule has 0 aliphatic carbocycles. The van der Waals surface area contributed by atoms with Crippen LogP contribution in [0, 0.1) is 6.92 Å². The summed E-state index contributed by atoms with van der Waals surface area (Å²) in [5.41, 5.74) is 4.13. The predicted octanol–water partition coefficient (Wildman–Crippen LogP) is 3.61. The molecule has 0 unspecified atom stereocenters. The lowest BCUT2D eigenvalue weighted by molar-refractivity contribution is 1.26. The second-order valence-electron chi connectivity index (χ2n) is 4.07. The summed E-state index contributed by atoms with van der Waals surface area (Å²) in [7, 11) is 0. The van der Waals surface area contributed by atoms with Crippen molar-refractivity contribution in [2.24, 2.45) is 0 Å². The maximum Gasteiger partial charge on any atom is 0.159 e. The number of rotatable bonds is 1. The van der Waals surface area contributed by atoms with E-state index in [0.717, 1.165) is 22.3 Å². The summed E-state index contributed by atoms with van der Waals surface area (Å²) in [5, 5.41) is 1.09. The van der Waals surface area contributed by atoms with E-state index in [0.29, 0.717) is 0 Å². The van der Waals surface area contributed by atoms with Gasteiger partial charge in [-0.3, -0.25) is 0 Å². The normalized spacial score (nSPS) is 10.6. The van der Waals surface area contributed by atoms with Crippen molar-refractivity contribution in [3.63, 3.8) is 0 Å². The Balaban J connectivity index is 2.27. The molecule has 1 aromatic carbocycles. The first kappa shape index (κ1) is 9.97. The average Bonchev–Trinajstić information content (AvgIpc) is 2.39. The molecule has 0 spiro atoms. The van der Waals surface area contributed by atoms with Gasteiger partial charge in [-0.15, -0.1) is 0 Å². The van der Waals surface area contributed by atoms with E-state index >= 15 is 0 Å². The van der Waals surface area contributed by atoms with Crippen molar-refractivity contribution in [3.8, 4) is 11.3 Å². The Kier molecular flexibility index (Phi) is 2.33. The van der Waals surface area contributed by atoms with Crippen LogP contribution in [-0.4, -0.2) is 9.97 Å². The van der Waals surface area contributed by atoms with Crippen LogP contribution >= 0.6 is 0 Å². The second-order valence-corrected chi connectivity index (χ2v) is 4.07. The summed E-state index contributed by atoms with van der Waals surface area (Å²) in [4.78, 5) is 8.93. The standard InChI is InChI=1S/C15H12N2/c1-11-10-13-8-5-9-16-15(13)17-14(11)12-6-3-2-4-7-12/h2-10H,1H3. The average molecular weight is 220 g/mol. The zero-order chi connectivity index (χ0) is 11.7. The fraction of sp³-hybridized carbons (Fsp3) is 0.0667. The maximum atomic E-state index is 4.63. The summed E-state index contributed by atoms with van der Waals surface area (Å²) >= 11 is 0. The molecule has 2 aromatic heterocycles. The molecule has 0 saturated carbocycles. The molecule has 82 valence electrons. The molecule has 2 heteroatoms. The van der Waals surface area contributed by atoms with Gasteiger partial charge >= 0.3 is 0 Å².